The lowest BCUT2D eigenvalue weighted by Crippen LogP contribution is -2.56. The third-order valence-electron chi connectivity index (χ3n) is 9.51. The lowest BCUT2D eigenvalue weighted by atomic mass is 9.91. The van der Waals surface area contributed by atoms with Gasteiger partial charge in [0.25, 0.3) is 0 Å². The summed E-state index contributed by atoms with van der Waals surface area (Å²) in [6, 6.07) is 6.49. The summed E-state index contributed by atoms with van der Waals surface area (Å²) >= 11 is 0.928. The van der Waals surface area contributed by atoms with Gasteiger partial charge >= 0.3 is 12.2 Å². The molecule has 0 saturated carbocycles. The predicted molar refractivity (Wildman–Crippen MR) is 198 cm³/mol. The second kappa shape index (κ2) is 13.1. The highest BCUT2D eigenvalue weighted by atomic mass is 32.2. The Morgan fingerprint density at radius 2 is 1.68 bits per heavy atom. The van der Waals surface area contributed by atoms with Crippen LogP contribution in [-0.4, -0.2) is 77.6 Å². The standard InChI is InChI=1S/C37H41FN6O7S2/c1-8-53(47,48)33-40-27-13-22(21-11-12-26(38)30-28(21)23(14-39)32(52-30)42-34(45)50-36(2,3)4)24-17-49-18-25(24)29(27)31(41-33)44-19-9-10-20(44)16-43(15-19)35(46)51-37(5,6)7/h11-13,19-20H,8-10,15-18H2,1-7H3,(H,42,45). The smallest absolute Gasteiger partial charge is 0.412 e. The van der Waals surface area contributed by atoms with E-state index in [1.54, 1.807) is 37.8 Å². The van der Waals surface area contributed by atoms with E-state index in [1.165, 1.54) is 13.0 Å². The zero-order valence-corrected chi connectivity index (χ0v) is 32.3. The molecule has 1 N–H and O–H groups in total. The largest absolute Gasteiger partial charge is 0.444 e. The Morgan fingerprint density at radius 3 is 2.30 bits per heavy atom. The normalized spacial score (nSPS) is 18.7. The lowest BCUT2D eigenvalue weighted by molar-refractivity contribution is 0.0209. The zero-order chi connectivity index (χ0) is 38.2. The number of carbonyl (C=O) groups is 2. The molecule has 4 aromatic rings. The maximum absolute atomic E-state index is 15.5. The van der Waals surface area contributed by atoms with Crippen molar-refractivity contribution in [3.63, 3.8) is 0 Å². The number of likely N-dealkylation sites (tertiary alicyclic amines) is 1. The number of nitriles is 1. The summed E-state index contributed by atoms with van der Waals surface area (Å²) in [5.74, 6) is -0.323. The number of piperazine rings is 1. The molecule has 2 unspecified atom stereocenters. The molecule has 53 heavy (non-hydrogen) atoms. The quantitative estimate of drug-likeness (QED) is 0.203. The van der Waals surface area contributed by atoms with Crippen molar-refractivity contribution in [3.8, 4) is 17.2 Å². The summed E-state index contributed by atoms with van der Waals surface area (Å²) in [6.07, 6.45) is 0.363. The number of benzene rings is 2. The minimum absolute atomic E-state index is 0.0650. The van der Waals surface area contributed by atoms with Crippen LogP contribution in [0, 0.1) is 17.1 Å². The molecule has 0 spiro atoms. The van der Waals surface area contributed by atoms with Crippen molar-refractivity contribution in [1.82, 2.24) is 14.9 Å². The summed E-state index contributed by atoms with van der Waals surface area (Å²) in [5, 5.41) is 13.8. The van der Waals surface area contributed by atoms with Crippen molar-refractivity contribution in [2.45, 2.75) is 103 Å². The number of aromatic nitrogens is 2. The van der Waals surface area contributed by atoms with Gasteiger partial charge in [0.05, 0.1) is 34.7 Å². The van der Waals surface area contributed by atoms with Gasteiger partial charge in [0.15, 0.2) is 0 Å². The second-order valence-corrected chi connectivity index (χ2v) is 18.7. The van der Waals surface area contributed by atoms with Crippen molar-refractivity contribution >= 4 is 65.2 Å². The van der Waals surface area contributed by atoms with Crippen molar-refractivity contribution in [1.29, 1.82) is 5.26 Å². The van der Waals surface area contributed by atoms with E-state index in [2.05, 4.69) is 21.3 Å². The summed E-state index contributed by atoms with van der Waals surface area (Å²) in [7, 11) is -3.88. The molecule has 13 nitrogen and oxygen atoms in total. The number of amides is 2. The number of rotatable bonds is 5. The SMILES string of the molecule is CCS(=O)(=O)c1nc(N2C3CCC2CN(C(=O)OC(C)(C)C)C3)c2c3c(c(-c4ccc(F)c5sc(NC(=O)OC(C)(C)C)c(C#N)c45)cc2n1)COC3. The Morgan fingerprint density at radius 1 is 1.02 bits per heavy atom. The van der Waals surface area contributed by atoms with Crippen LogP contribution in [0.15, 0.2) is 23.4 Å². The Hall–Kier alpha value is -4.59. The second-order valence-electron chi connectivity index (χ2n) is 15.5. The minimum atomic E-state index is -3.88. The molecule has 3 aliphatic rings. The number of hydrogen-bond acceptors (Lipinski definition) is 12. The van der Waals surface area contributed by atoms with Crippen LogP contribution in [0.3, 0.4) is 0 Å². The van der Waals surface area contributed by atoms with Crippen molar-refractivity contribution < 1.29 is 36.6 Å². The molecule has 2 amide bonds. The number of halogens is 1. The molecule has 2 atom stereocenters. The first-order chi connectivity index (χ1) is 24.9. The fourth-order valence-corrected chi connectivity index (χ4v) is 9.15. The number of anilines is 2. The molecule has 2 aromatic heterocycles. The summed E-state index contributed by atoms with van der Waals surface area (Å²) < 4.78 is 59.6. The van der Waals surface area contributed by atoms with Crippen LogP contribution in [0.5, 0.6) is 0 Å². The van der Waals surface area contributed by atoms with Gasteiger partial charge in [-0.3, -0.25) is 5.32 Å². The van der Waals surface area contributed by atoms with Gasteiger partial charge in [-0.05, 0) is 88.8 Å². The Bertz CT molecular complexity index is 2330. The summed E-state index contributed by atoms with van der Waals surface area (Å²) in [4.78, 5) is 39.1. The zero-order valence-electron chi connectivity index (χ0n) is 30.6. The molecular formula is C37H41FN6O7S2. The molecule has 7 rings (SSSR count). The molecule has 2 bridgehead atoms. The van der Waals surface area contributed by atoms with E-state index in [-0.39, 0.29) is 51.5 Å². The van der Waals surface area contributed by atoms with Gasteiger partial charge in [0.1, 0.15) is 33.9 Å². The van der Waals surface area contributed by atoms with Crippen LogP contribution in [0.2, 0.25) is 0 Å². The number of ether oxygens (including phenoxy) is 3. The van der Waals surface area contributed by atoms with Crippen LogP contribution in [-0.2, 0) is 37.3 Å². The van der Waals surface area contributed by atoms with E-state index >= 15 is 4.39 Å². The molecule has 2 fully saturated rings. The third kappa shape index (κ3) is 6.74. The van der Waals surface area contributed by atoms with Crippen LogP contribution in [0.25, 0.3) is 32.1 Å². The van der Waals surface area contributed by atoms with Crippen molar-refractivity contribution in [2.24, 2.45) is 0 Å². The number of nitrogens with one attached hydrogen (secondary N) is 1. The first kappa shape index (κ1) is 36.8. The highest BCUT2D eigenvalue weighted by Gasteiger charge is 2.45. The molecule has 0 radical (unpaired) electrons. The van der Waals surface area contributed by atoms with Gasteiger partial charge in [0.2, 0.25) is 15.0 Å². The highest BCUT2D eigenvalue weighted by molar-refractivity contribution is 7.91. The number of hydrogen-bond donors (Lipinski definition) is 1. The van der Waals surface area contributed by atoms with E-state index < -0.39 is 39.0 Å². The number of nitrogens with zero attached hydrogens (tertiary/aromatic N) is 5. The third-order valence-corrected chi connectivity index (χ3v) is 12.1. The molecule has 3 aliphatic heterocycles. The average molecular weight is 765 g/mol. The molecule has 16 heteroatoms. The number of sulfone groups is 1. The Balaban J connectivity index is 1.40. The minimum Gasteiger partial charge on any atom is -0.444 e. The number of fused-ring (bicyclic) bond motifs is 6. The van der Waals surface area contributed by atoms with Gasteiger partial charge in [-0.15, -0.1) is 11.3 Å². The van der Waals surface area contributed by atoms with Gasteiger partial charge in [-0.1, -0.05) is 13.0 Å². The monoisotopic (exact) mass is 764 g/mol. The van der Waals surface area contributed by atoms with Gasteiger partial charge in [-0.25, -0.2) is 32.4 Å². The highest BCUT2D eigenvalue weighted by Crippen LogP contribution is 2.48. The van der Waals surface area contributed by atoms with E-state index in [4.69, 9.17) is 19.2 Å². The average Bonchev–Trinajstić information content (AvgIpc) is 3.76. The van der Waals surface area contributed by atoms with E-state index in [0.29, 0.717) is 46.3 Å². The fourth-order valence-electron chi connectivity index (χ4n) is 7.36. The topological polar surface area (TPSA) is 164 Å². The predicted octanol–water partition coefficient (Wildman–Crippen LogP) is 7.28. The molecule has 280 valence electrons. The molecule has 2 saturated heterocycles. The van der Waals surface area contributed by atoms with Crippen molar-refractivity contribution in [3.05, 3.63) is 40.7 Å². The summed E-state index contributed by atoms with van der Waals surface area (Å²) in [6.45, 7) is 13.3. The van der Waals surface area contributed by atoms with Crippen LogP contribution >= 0.6 is 11.3 Å². The number of thiophene rings is 1. The van der Waals surface area contributed by atoms with E-state index in [0.717, 1.165) is 35.3 Å². The maximum Gasteiger partial charge on any atom is 0.412 e. The van der Waals surface area contributed by atoms with Crippen LogP contribution in [0.4, 0.5) is 24.8 Å². The fraction of sp³-hybridized carbons (Fsp3) is 0.486. The first-order valence-electron chi connectivity index (χ1n) is 17.5. The van der Waals surface area contributed by atoms with E-state index in [9.17, 15) is 23.3 Å². The number of carbonyl (C=O) groups excluding carboxylic acids is 2. The Kier molecular flexibility index (Phi) is 9.06. The summed E-state index contributed by atoms with van der Waals surface area (Å²) in [5.41, 5.74) is 1.60. The van der Waals surface area contributed by atoms with Gasteiger partial charge in [0, 0.05) is 35.9 Å². The van der Waals surface area contributed by atoms with Gasteiger partial charge < -0.3 is 24.0 Å². The van der Waals surface area contributed by atoms with E-state index in [1.807, 2.05) is 20.8 Å². The molecule has 0 aliphatic carbocycles. The van der Waals surface area contributed by atoms with Crippen LogP contribution in [0.1, 0.15) is 78.0 Å². The maximum atomic E-state index is 15.5. The lowest BCUT2D eigenvalue weighted by Gasteiger charge is -2.42. The van der Waals surface area contributed by atoms with Crippen LogP contribution < -0.4 is 10.2 Å². The van der Waals surface area contributed by atoms with Crippen molar-refractivity contribution in [2.75, 3.05) is 29.1 Å². The van der Waals surface area contributed by atoms with Gasteiger partial charge in [-0.2, -0.15) is 5.26 Å². The molecule has 5 heterocycles. The molecular weight excluding hydrogens is 724 g/mol. The Labute approximate surface area is 310 Å². The molecule has 2 aromatic carbocycles. The first-order valence-corrected chi connectivity index (χ1v) is 19.9.